The van der Waals surface area contributed by atoms with Crippen LogP contribution in [0.1, 0.15) is 50.2 Å². The summed E-state index contributed by atoms with van der Waals surface area (Å²) in [4.78, 5) is 15.5. The zero-order chi connectivity index (χ0) is 18.6. The van der Waals surface area contributed by atoms with Crippen LogP contribution in [-0.4, -0.2) is 53.2 Å². The predicted octanol–water partition coefficient (Wildman–Crippen LogP) is 2.57. The Bertz CT molecular complexity index is 864. The van der Waals surface area contributed by atoms with Gasteiger partial charge in [-0.3, -0.25) is 9.69 Å². The summed E-state index contributed by atoms with van der Waals surface area (Å²) in [6.45, 7) is 3.88. The monoisotopic (exact) mass is 369 g/mol. The molecule has 4 aliphatic carbocycles. The molecule has 3 fully saturated rings. The number of rotatable bonds is 6. The molecule has 144 valence electrons. The largest absolute Gasteiger partial charge is 0.504 e. The molecule has 0 amide bonds. The van der Waals surface area contributed by atoms with E-state index in [1.807, 2.05) is 6.07 Å². The van der Waals surface area contributed by atoms with E-state index in [4.69, 9.17) is 9.47 Å². The Morgan fingerprint density at radius 3 is 2.93 bits per heavy atom. The number of ketones is 1. The molecule has 1 aromatic rings. The van der Waals surface area contributed by atoms with Crippen molar-refractivity contribution in [2.24, 2.45) is 5.92 Å². The van der Waals surface area contributed by atoms with Crippen LogP contribution in [0.3, 0.4) is 0 Å². The van der Waals surface area contributed by atoms with Crippen molar-refractivity contribution in [2.75, 3.05) is 20.2 Å². The van der Waals surface area contributed by atoms with Gasteiger partial charge in [-0.25, -0.2) is 0 Å². The van der Waals surface area contributed by atoms with E-state index in [2.05, 4.69) is 18.9 Å². The highest BCUT2D eigenvalue weighted by molar-refractivity contribution is 5.94. The van der Waals surface area contributed by atoms with Crippen molar-refractivity contribution in [3.05, 3.63) is 23.3 Å². The molecule has 1 aromatic carbocycles. The Balaban J connectivity index is 1.58. The number of hydrogen-bond donors (Lipinski definition) is 1. The number of fused-ring (bicyclic) bond motifs is 1. The molecule has 0 saturated heterocycles. The fraction of sp³-hybridized carbons (Fsp3) is 0.682. The number of hydrogen-bond acceptors (Lipinski definition) is 5. The Labute approximate surface area is 159 Å². The number of carbonyl (C=O) groups excluding carboxylic acids is 1. The molecule has 0 radical (unpaired) electrons. The summed E-state index contributed by atoms with van der Waals surface area (Å²) in [6, 6.07) is 3.75. The van der Waals surface area contributed by atoms with Gasteiger partial charge in [-0.2, -0.15) is 0 Å². The average Bonchev–Trinajstić information content (AvgIpc) is 3.46. The Kier molecular flexibility index (Phi) is 2.95. The lowest BCUT2D eigenvalue weighted by Gasteiger charge is -2.34. The second kappa shape index (κ2) is 4.87. The first-order chi connectivity index (χ1) is 13.0. The third-order valence-corrected chi connectivity index (χ3v) is 8.04. The number of aromatic hydroxyl groups is 1. The number of phenolic OH excluding ortho intramolecular Hbond substituents is 1. The molecule has 5 nitrogen and oxygen atoms in total. The molecule has 4 atom stereocenters. The number of nitrogens with zero attached hydrogens (tertiary/aromatic N) is 1. The molecule has 0 bridgehead atoms. The molecule has 1 spiro atoms. The molecule has 27 heavy (non-hydrogen) atoms. The molecule has 6 rings (SSSR count). The van der Waals surface area contributed by atoms with Gasteiger partial charge in [0.15, 0.2) is 23.4 Å². The Morgan fingerprint density at radius 1 is 1.37 bits per heavy atom. The van der Waals surface area contributed by atoms with Crippen LogP contribution >= 0.6 is 0 Å². The van der Waals surface area contributed by atoms with Gasteiger partial charge in [-0.15, -0.1) is 0 Å². The number of benzene rings is 1. The van der Waals surface area contributed by atoms with Gasteiger partial charge in [0.2, 0.25) is 0 Å². The summed E-state index contributed by atoms with van der Waals surface area (Å²) >= 11 is 0. The number of Topliss-reactive ketones (excluding diaryl/α,β-unsaturated/α-hetero) is 1. The molecular weight excluding hydrogens is 342 g/mol. The SMILES string of the molecule is CCCO[C@@]12CCC(=O)C3Oc4c(O)ccc5c4C31[C@]2(N(C)CC1CC1)C5. The van der Waals surface area contributed by atoms with Gasteiger partial charge in [-0.1, -0.05) is 13.0 Å². The fourth-order valence-corrected chi connectivity index (χ4v) is 7.03. The average molecular weight is 369 g/mol. The molecule has 5 heteroatoms. The minimum Gasteiger partial charge on any atom is -0.504 e. The van der Waals surface area contributed by atoms with E-state index >= 15 is 0 Å². The van der Waals surface area contributed by atoms with Crippen molar-refractivity contribution >= 4 is 5.78 Å². The standard InChI is InChI=1S/C22H27NO4/c1-3-10-26-21-9-8-16(25)19-22(21)17-14(6-7-15(24)18(17)27-19)11-20(21,22)23(2)12-13-4-5-13/h6-7,13,19,24H,3-5,8-12H2,1-2H3/t19?,20-,21+,22?/m0/s1. The van der Waals surface area contributed by atoms with Crippen molar-refractivity contribution in [3.63, 3.8) is 0 Å². The minimum atomic E-state index is -0.519. The lowest BCUT2D eigenvalue weighted by Crippen LogP contribution is -2.46. The van der Waals surface area contributed by atoms with Gasteiger partial charge in [0.25, 0.3) is 0 Å². The maximum Gasteiger partial charge on any atom is 0.174 e. The van der Waals surface area contributed by atoms with Crippen LogP contribution in [-0.2, 0) is 21.4 Å². The predicted molar refractivity (Wildman–Crippen MR) is 99.2 cm³/mol. The second-order valence-electron chi connectivity index (χ2n) is 9.26. The highest BCUT2D eigenvalue weighted by atomic mass is 16.5. The molecule has 0 aromatic heterocycles. The smallest absolute Gasteiger partial charge is 0.174 e. The van der Waals surface area contributed by atoms with E-state index in [0.29, 0.717) is 18.8 Å². The zero-order valence-corrected chi connectivity index (χ0v) is 16.1. The summed E-state index contributed by atoms with van der Waals surface area (Å²) < 4.78 is 12.9. The quantitative estimate of drug-likeness (QED) is 0.835. The second-order valence-corrected chi connectivity index (χ2v) is 9.26. The van der Waals surface area contributed by atoms with Gasteiger partial charge in [0, 0.05) is 25.1 Å². The number of ether oxygens (including phenoxy) is 2. The van der Waals surface area contributed by atoms with Gasteiger partial charge in [-0.05, 0) is 56.7 Å². The summed E-state index contributed by atoms with van der Waals surface area (Å²) in [5.41, 5.74) is 1.25. The molecule has 2 unspecified atom stereocenters. The first-order valence-electron chi connectivity index (χ1n) is 10.4. The van der Waals surface area contributed by atoms with Crippen molar-refractivity contribution in [1.82, 2.24) is 4.90 Å². The van der Waals surface area contributed by atoms with E-state index in [1.165, 1.54) is 18.4 Å². The van der Waals surface area contributed by atoms with Crippen LogP contribution in [0.4, 0.5) is 0 Å². The summed E-state index contributed by atoms with van der Waals surface area (Å²) in [7, 11) is 2.22. The van der Waals surface area contributed by atoms with E-state index in [0.717, 1.165) is 37.3 Å². The maximum atomic E-state index is 13.0. The van der Waals surface area contributed by atoms with E-state index in [-0.39, 0.29) is 22.7 Å². The summed E-state index contributed by atoms with van der Waals surface area (Å²) in [6.07, 6.45) is 5.18. The van der Waals surface area contributed by atoms with Gasteiger partial charge in [0.05, 0.1) is 11.0 Å². The summed E-state index contributed by atoms with van der Waals surface area (Å²) in [5, 5.41) is 10.5. The van der Waals surface area contributed by atoms with Crippen LogP contribution in [0, 0.1) is 5.92 Å². The number of phenols is 1. The van der Waals surface area contributed by atoms with Gasteiger partial charge < -0.3 is 14.6 Å². The normalized spacial score (nSPS) is 40.1. The topological polar surface area (TPSA) is 59.0 Å². The maximum absolute atomic E-state index is 13.0. The zero-order valence-electron chi connectivity index (χ0n) is 16.1. The Morgan fingerprint density at radius 2 is 2.19 bits per heavy atom. The van der Waals surface area contributed by atoms with Gasteiger partial charge >= 0.3 is 0 Å². The Hall–Kier alpha value is -1.59. The fourth-order valence-electron chi connectivity index (χ4n) is 7.03. The highest BCUT2D eigenvalue weighted by Crippen LogP contribution is 2.84. The number of likely N-dealkylation sites (N-methyl/N-ethyl adjacent to an activating group) is 1. The van der Waals surface area contributed by atoms with Crippen LogP contribution in [0.25, 0.3) is 0 Å². The van der Waals surface area contributed by atoms with Crippen LogP contribution in [0.2, 0.25) is 0 Å². The lowest BCUT2D eigenvalue weighted by atomic mass is 9.78. The molecule has 3 saturated carbocycles. The molecular formula is C22H27NO4. The number of carbonyl (C=O) groups is 1. The molecule has 1 N–H and O–H groups in total. The van der Waals surface area contributed by atoms with Crippen LogP contribution in [0.15, 0.2) is 12.1 Å². The van der Waals surface area contributed by atoms with Crippen LogP contribution in [0.5, 0.6) is 11.5 Å². The minimum absolute atomic E-state index is 0.155. The van der Waals surface area contributed by atoms with Crippen molar-refractivity contribution < 1.29 is 19.4 Å². The van der Waals surface area contributed by atoms with Gasteiger partial charge in [0.1, 0.15) is 5.60 Å². The van der Waals surface area contributed by atoms with E-state index in [9.17, 15) is 9.90 Å². The third kappa shape index (κ3) is 1.53. The molecule has 5 aliphatic rings. The molecule has 1 aliphatic heterocycles. The lowest BCUT2D eigenvalue weighted by molar-refractivity contribution is -0.133. The molecule has 1 heterocycles. The van der Waals surface area contributed by atoms with E-state index in [1.54, 1.807) is 6.07 Å². The highest BCUT2D eigenvalue weighted by Gasteiger charge is 2.98. The van der Waals surface area contributed by atoms with Crippen molar-refractivity contribution in [2.45, 2.75) is 68.1 Å². The first kappa shape index (κ1) is 16.4. The third-order valence-electron chi connectivity index (χ3n) is 8.04. The first-order valence-corrected chi connectivity index (χ1v) is 10.4. The van der Waals surface area contributed by atoms with Crippen LogP contribution < -0.4 is 4.74 Å². The van der Waals surface area contributed by atoms with Crippen molar-refractivity contribution in [1.29, 1.82) is 0 Å². The van der Waals surface area contributed by atoms with Crippen molar-refractivity contribution in [3.8, 4) is 11.5 Å². The van der Waals surface area contributed by atoms with E-state index < -0.39 is 11.5 Å². The summed E-state index contributed by atoms with van der Waals surface area (Å²) in [5.74, 6) is 1.62.